The largest absolute Gasteiger partial charge is 0.454 e. The number of thioether (sulfide) groups is 1. The summed E-state index contributed by atoms with van der Waals surface area (Å²) < 4.78 is 12.7. The number of hydrogen-bond donors (Lipinski definition) is 2. The average molecular weight is 475 g/mol. The molecule has 10 heteroatoms. The zero-order chi connectivity index (χ0) is 22.8. The molecule has 1 aromatic heterocycles. The number of hydrogen-bond acceptors (Lipinski definition) is 6. The van der Waals surface area contributed by atoms with Crippen LogP contribution in [0.5, 0.6) is 11.5 Å². The molecule has 2 aromatic carbocycles. The van der Waals surface area contributed by atoms with Crippen LogP contribution in [-0.4, -0.2) is 46.8 Å². The molecule has 8 nitrogen and oxygen atoms in total. The third kappa shape index (κ3) is 4.69. The van der Waals surface area contributed by atoms with Gasteiger partial charge in [0.15, 0.2) is 22.5 Å². The Labute approximate surface area is 195 Å². The number of benzene rings is 2. The summed E-state index contributed by atoms with van der Waals surface area (Å²) in [5, 5.41) is 12.7. The van der Waals surface area contributed by atoms with Crippen molar-refractivity contribution in [1.29, 1.82) is 0 Å². The molecule has 0 fully saturated rings. The number of fused-ring (bicyclic) bond motifs is 1. The molecule has 0 spiro atoms. The highest BCUT2D eigenvalue weighted by molar-refractivity contribution is 8.00. The fourth-order valence-electron chi connectivity index (χ4n) is 3.16. The molecular formula is C22H25ClN5O3S+. The smallest absolute Gasteiger partial charge is 0.237 e. The van der Waals surface area contributed by atoms with E-state index in [0.717, 1.165) is 11.5 Å². The number of ether oxygens (including phenoxy) is 2. The minimum Gasteiger partial charge on any atom is -0.454 e. The molecule has 0 saturated carbocycles. The number of carbonyl (C=O) groups is 1. The molecule has 0 radical (unpaired) electrons. The number of nitrogens with one attached hydrogen (secondary N) is 2. The number of nitrogens with zero attached hydrogens (tertiary/aromatic N) is 3. The zero-order valence-corrected chi connectivity index (χ0v) is 19.8. The Kier molecular flexibility index (Phi) is 6.59. The summed E-state index contributed by atoms with van der Waals surface area (Å²) in [6.45, 7) is 4.12. The lowest BCUT2D eigenvalue weighted by Gasteiger charge is -2.19. The number of carbonyl (C=O) groups excluding carboxylic acids is 1. The topological polar surface area (TPSA) is 82.7 Å². The second-order valence-electron chi connectivity index (χ2n) is 7.77. The molecule has 0 unspecified atom stereocenters. The predicted molar refractivity (Wildman–Crippen MR) is 124 cm³/mol. The Hall–Kier alpha value is -2.75. The predicted octanol–water partition coefficient (Wildman–Crippen LogP) is 2.97. The second-order valence-corrected chi connectivity index (χ2v) is 9.51. The second kappa shape index (κ2) is 9.40. The number of amides is 1. The van der Waals surface area contributed by atoms with Crippen LogP contribution in [0.15, 0.2) is 47.6 Å². The van der Waals surface area contributed by atoms with Gasteiger partial charge in [0.05, 0.1) is 19.3 Å². The standard InChI is InChI=1S/C22H24ClN5O3S/c1-13(27(3)4)20-25-26-22(28(20)17-8-5-15(23)6-9-17)32-14(2)21(29)24-16-7-10-18-19(11-16)31-12-30-18/h5-11,13-14H,12H2,1-4H3,(H,24,29)/p+1/t13-,14+/m1/s1. The van der Waals surface area contributed by atoms with Gasteiger partial charge in [-0.3, -0.25) is 9.36 Å². The Bertz CT molecular complexity index is 1120. The molecule has 0 saturated heterocycles. The molecule has 3 aromatic rings. The van der Waals surface area contributed by atoms with E-state index < -0.39 is 5.25 Å². The maximum Gasteiger partial charge on any atom is 0.237 e. The molecule has 32 heavy (non-hydrogen) atoms. The van der Waals surface area contributed by atoms with Crippen LogP contribution < -0.4 is 19.7 Å². The Balaban J connectivity index is 1.56. The highest BCUT2D eigenvalue weighted by atomic mass is 35.5. The van der Waals surface area contributed by atoms with Gasteiger partial charge in [0.2, 0.25) is 12.7 Å². The Morgan fingerprint density at radius 1 is 1.12 bits per heavy atom. The van der Waals surface area contributed by atoms with Crippen molar-refractivity contribution in [3.8, 4) is 17.2 Å². The van der Waals surface area contributed by atoms with Gasteiger partial charge in [0, 0.05) is 22.5 Å². The van der Waals surface area contributed by atoms with Crippen LogP contribution in [0.1, 0.15) is 25.7 Å². The van der Waals surface area contributed by atoms with Crippen LogP contribution in [0, 0.1) is 0 Å². The van der Waals surface area contributed by atoms with Gasteiger partial charge < -0.3 is 19.7 Å². The van der Waals surface area contributed by atoms with Gasteiger partial charge in [-0.2, -0.15) is 0 Å². The molecule has 0 aliphatic carbocycles. The molecule has 2 heterocycles. The van der Waals surface area contributed by atoms with Gasteiger partial charge in [-0.05, 0) is 50.2 Å². The summed E-state index contributed by atoms with van der Waals surface area (Å²) in [6.07, 6.45) is 0. The first-order chi connectivity index (χ1) is 15.3. The van der Waals surface area contributed by atoms with Crippen LogP contribution in [0.3, 0.4) is 0 Å². The van der Waals surface area contributed by atoms with E-state index in [9.17, 15) is 4.79 Å². The van der Waals surface area contributed by atoms with Gasteiger partial charge in [-0.25, -0.2) is 0 Å². The van der Waals surface area contributed by atoms with Crippen molar-refractivity contribution in [2.75, 3.05) is 26.2 Å². The number of rotatable bonds is 7. The summed E-state index contributed by atoms with van der Waals surface area (Å²) in [7, 11) is 4.14. The molecule has 168 valence electrons. The van der Waals surface area contributed by atoms with E-state index in [1.54, 1.807) is 18.2 Å². The maximum absolute atomic E-state index is 12.9. The lowest BCUT2D eigenvalue weighted by atomic mass is 10.2. The van der Waals surface area contributed by atoms with Crippen LogP contribution in [0.2, 0.25) is 5.02 Å². The van der Waals surface area contributed by atoms with E-state index in [1.807, 2.05) is 35.8 Å². The lowest BCUT2D eigenvalue weighted by Crippen LogP contribution is -3.05. The first-order valence-corrected chi connectivity index (χ1v) is 11.5. The highest BCUT2D eigenvalue weighted by Crippen LogP contribution is 2.35. The SMILES string of the molecule is C[C@H](Sc1nnc([C@@H](C)[NH+](C)C)n1-c1ccc(Cl)cc1)C(=O)Nc1ccc2c(c1)OCO2. The van der Waals surface area contributed by atoms with Crippen molar-refractivity contribution in [3.05, 3.63) is 53.3 Å². The van der Waals surface area contributed by atoms with Crippen LogP contribution in [-0.2, 0) is 4.79 Å². The molecule has 1 aliphatic heterocycles. The van der Waals surface area contributed by atoms with Gasteiger partial charge in [-0.15, -0.1) is 10.2 Å². The molecule has 1 amide bonds. The van der Waals surface area contributed by atoms with Crippen LogP contribution >= 0.6 is 23.4 Å². The first kappa shape index (κ1) is 22.4. The van der Waals surface area contributed by atoms with E-state index in [1.165, 1.54) is 16.7 Å². The number of aromatic nitrogens is 3. The fourth-order valence-corrected chi connectivity index (χ4v) is 4.16. The average Bonchev–Trinajstić information content (AvgIpc) is 3.40. The van der Waals surface area contributed by atoms with E-state index >= 15 is 0 Å². The first-order valence-electron chi connectivity index (χ1n) is 10.2. The van der Waals surface area contributed by atoms with Crippen molar-refractivity contribution < 1.29 is 19.2 Å². The van der Waals surface area contributed by atoms with Crippen molar-refractivity contribution in [3.63, 3.8) is 0 Å². The van der Waals surface area contributed by atoms with Crippen LogP contribution in [0.4, 0.5) is 5.69 Å². The molecule has 1 aliphatic rings. The number of anilines is 1. The summed E-state index contributed by atoms with van der Waals surface area (Å²) >= 11 is 7.44. The number of halogens is 1. The summed E-state index contributed by atoms with van der Waals surface area (Å²) in [6, 6.07) is 12.9. The third-order valence-electron chi connectivity index (χ3n) is 5.29. The molecule has 4 rings (SSSR count). The summed E-state index contributed by atoms with van der Waals surface area (Å²) in [4.78, 5) is 14.1. The van der Waals surface area contributed by atoms with Crippen molar-refractivity contribution in [2.24, 2.45) is 0 Å². The zero-order valence-electron chi connectivity index (χ0n) is 18.3. The lowest BCUT2D eigenvalue weighted by molar-refractivity contribution is -0.890. The van der Waals surface area contributed by atoms with Gasteiger partial charge in [0.25, 0.3) is 0 Å². The summed E-state index contributed by atoms with van der Waals surface area (Å²) in [5.74, 6) is 1.96. The fraction of sp³-hybridized carbons (Fsp3) is 0.318. The van der Waals surface area contributed by atoms with E-state index in [0.29, 0.717) is 27.4 Å². The van der Waals surface area contributed by atoms with Crippen LogP contribution in [0.25, 0.3) is 5.69 Å². The van der Waals surface area contributed by atoms with E-state index in [2.05, 4.69) is 36.5 Å². The van der Waals surface area contributed by atoms with Crippen molar-refractivity contribution in [1.82, 2.24) is 14.8 Å². The van der Waals surface area contributed by atoms with Gasteiger partial charge in [0.1, 0.15) is 6.04 Å². The van der Waals surface area contributed by atoms with E-state index in [4.69, 9.17) is 21.1 Å². The minimum atomic E-state index is -0.412. The maximum atomic E-state index is 12.9. The monoisotopic (exact) mass is 474 g/mol. The Morgan fingerprint density at radius 3 is 2.56 bits per heavy atom. The third-order valence-corrected chi connectivity index (χ3v) is 6.58. The van der Waals surface area contributed by atoms with Gasteiger partial charge >= 0.3 is 0 Å². The molecular weight excluding hydrogens is 450 g/mol. The molecule has 2 N–H and O–H groups in total. The Morgan fingerprint density at radius 2 is 1.84 bits per heavy atom. The molecule has 2 atom stereocenters. The van der Waals surface area contributed by atoms with Crippen molar-refractivity contribution in [2.45, 2.75) is 30.3 Å². The molecule has 0 bridgehead atoms. The van der Waals surface area contributed by atoms with E-state index in [-0.39, 0.29) is 18.7 Å². The minimum absolute atomic E-state index is 0.102. The summed E-state index contributed by atoms with van der Waals surface area (Å²) in [5.41, 5.74) is 1.55. The number of quaternary nitrogens is 1. The quantitative estimate of drug-likeness (QED) is 0.512. The normalized spacial score (nSPS) is 14.4. The van der Waals surface area contributed by atoms with Gasteiger partial charge in [-0.1, -0.05) is 23.4 Å². The van der Waals surface area contributed by atoms with Crippen molar-refractivity contribution >= 4 is 35.0 Å². The highest BCUT2D eigenvalue weighted by Gasteiger charge is 2.26.